The lowest BCUT2D eigenvalue weighted by Gasteiger charge is -2.10. The van der Waals surface area contributed by atoms with E-state index in [0.717, 1.165) is 6.08 Å². The fraction of sp³-hybridized carbons (Fsp3) is 0.0952. The Morgan fingerprint density at radius 3 is 2.59 bits per heavy atom. The summed E-state index contributed by atoms with van der Waals surface area (Å²) in [7, 11) is 0. The Bertz CT molecular complexity index is 1260. The first-order chi connectivity index (χ1) is 15.1. The molecule has 0 bridgehead atoms. The molecule has 32 heavy (non-hydrogen) atoms. The van der Waals surface area contributed by atoms with Gasteiger partial charge in [-0.15, -0.1) is 0 Å². The zero-order valence-corrected chi connectivity index (χ0v) is 17.8. The van der Waals surface area contributed by atoms with E-state index in [2.05, 4.69) is 9.97 Å². The maximum Gasteiger partial charge on any atom is 0.342 e. The molecule has 166 valence electrons. The van der Waals surface area contributed by atoms with Crippen molar-refractivity contribution < 1.29 is 27.5 Å². The molecule has 0 aliphatic heterocycles. The van der Waals surface area contributed by atoms with Gasteiger partial charge in [0.15, 0.2) is 22.6 Å². The molecule has 0 saturated carbocycles. The lowest BCUT2D eigenvalue weighted by Crippen LogP contribution is -2.18. The van der Waals surface area contributed by atoms with Crippen LogP contribution in [0.4, 0.5) is 18.9 Å². The van der Waals surface area contributed by atoms with Gasteiger partial charge in [0.25, 0.3) is 0 Å². The standard InChI is InChI=1S/C21H14Cl2F3N3O3/c1-2-32-21(31)12(19(30)11-6-13(24)18(26)16(22)17(11)25)7-15-10(3-4-28-15)9-5-14(27)20(23)29-8-9/h3-8,28H,2,27H2,1H3. The number of aromatic amines is 1. The predicted octanol–water partition coefficient (Wildman–Crippen LogP) is 5.21. The Morgan fingerprint density at radius 2 is 1.94 bits per heavy atom. The van der Waals surface area contributed by atoms with E-state index in [9.17, 15) is 22.8 Å². The summed E-state index contributed by atoms with van der Waals surface area (Å²) in [6.07, 6.45) is 4.02. The summed E-state index contributed by atoms with van der Waals surface area (Å²) in [5.74, 6) is -7.07. The second-order valence-electron chi connectivity index (χ2n) is 6.36. The molecular weight excluding hydrogens is 470 g/mol. The second-order valence-corrected chi connectivity index (χ2v) is 7.10. The summed E-state index contributed by atoms with van der Waals surface area (Å²) < 4.78 is 46.6. The van der Waals surface area contributed by atoms with Crippen molar-refractivity contribution in [3.63, 3.8) is 0 Å². The molecule has 6 nitrogen and oxygen atoms in total. The molecule has 0 aliphatic carbocycles. The number of Topliss-reactive ketones (excluding diaryl/α,β-unsaturated/α-hetero) is 1. The third-order valence-corrected chi connectivity index (χ3v) is 4.98. The van der Waals surface area contributed by atoms with E-state index in [-0.39, 0.29) is 23.1 Å². The Kier molecular flexibility index (Phi) is 6.90. The van der Waals surface area contributed by atoms with Gasteiger partial charge in [-0.25, -0.2) is 22.9 Å². The van der Waals surface area contributed by atoms with E-state index in [1.165, 1.54) is 25.4 Å². The molecule has 0 radical (unpaired) electrons. The summed E-state index contributed by atoms with van der Waals surface area (Å²) >= 11 is 11.3. The van der Waals surface area contributed by atoms with E-state index < -0.39 is 45.4 Å². The Balaban J connectivity index is 2.15. The molecule has 2 aromatic heterocycles. The van der Waals surface area contributed by atoms with Crippen molar-refractivity contribution >= 4 is 46.7 Å². The van der Waals surface area contributed by atoms with Crippen molar-refractivity contribution in [2.45, 2.75) is 6.92 Å². The van der Waals surface area contributed by atoms with Gasteiger partial charge < -0.3 is 15.5 Å². The second kappa shape index (κ2) is 9.46. The molecule has 0 saturated heterocycles. The number of nitrogen functional groups attached to an aromatic ring is 1. The number of aromatic nitrogens is 2. The van der Waals surface area contributed by atoms with E-state index in [4.69, 9.17) is 33.7 Å². The van der Waals surface area contributed by atoms with Crippen LogP contribution in [-0.2, 0) is 9.53 Å². The van der Waals surface area contributed by atoms with Crippen molar-refractivity contribution in [1.82, 2.24) is 9.97 Å². The number of ketones is 1. The number of hydrogen-bond acceptors (Lipinski definition) is 5. The molecule has 2 heterocycles. The molecule has 3 rings (SSSR count). The molecule has 0 spiro atoms. The Labute approximate surface area is 189 Å². The number of H-pyrrole nitrogens is 1. The summed E-state index contributed by atoms with van der Waals surface area (Å²) in [4.78, 5) is 32.2. The van der Waals surface area contributed by atoms with Crippen LogP contribution >= 0.6 is 23.2 Å². The molecule has 0 amide bonds. The van der Waals surface area contributed by atoms with Gasteiger partial charge in [0.1, 0.15) is 10.6 Å². The van der Waals surface area contributed by atoms with E-state index >= 15 is 0 Å². The van der Waals surface area contributed by atoms with Crippen molar-refractivity contribution in [3.8, 4) is 11.1 Å². The maximum atomic E-state index is 14.4. The largest absolute Gasteiger partial charge is 0.462 e. The number of halogens is 5. The number of esters is 1. The lowest BCUT2D eigenvalue weighted by atomic mass is 9.99. The van der Waals surface area contributed by atoms with Crippen LogP contribution in [-0.4, -0.2) is 28.3 Å². The number of ether oxygens (including phenoxy) is 1. The summed E-state index contributed by atoms with van der Waals surface area (Å²) in [5, 5.41) is -1.12. The molecule has 3 aromatic rings. The fourth-order valence-electron chi connectivity index (χ4n) is 2.82. The van der Waals surface area contributed by atoms with Crippen LogP contribution in [0.15, 0.2) is 36.2 Å². The third kappa shape index (κ3) is 4.49. The monoisotopic (exact) mass is 483 g/mol. The van der Waals surface area contributed by atoms with Crippen molar-refractivity contribution in [2.24, 2.45) is 0 Å². The molecule has 3 N–H and O–H groups in total. The quantitative estimate of drug-likeness (QED) is 0.0732. The highest BCUT2D eigenvalue weighted by molar-refractivity contribution is 6.33. The van der Waals surface area contributed by atoms with Crippen LogP contribution in [0, 0.1) is 17.5 Å². The lowest BCUT2D eigenvalue weighted by molar-refractivity contribution is -0.137. The minimum absolute atomic E-state index is 0.0921. The average Bonchev–Trinajstić information content (AvgIpc) is 3.23. The van der Waals surface area contributed by atoms with Gasteiger partial charge in [-0.05, 0) is 31.2 Å². The summed E-state index contributed by atoms with van der Waals surface area (Å²) in [6, 6.07) is 3.46. The zero-order valence-electron chi connectivity index (χ0n) is 16.3. The normalized spacial score (nSPS) is 11.5. The van der Waals surface area contributed by atoms with E-state index in [0.29, 0.717) is 17.2 Å². The van der Waals surface area contributed by atoms with Crippen LogP contribution in [0.25, 0.3) is 17.2 Å². The number of nitrogens with zero attached hydrogens (tertiary/aromatic N) is 1. The predicted molar refractivity (Wildman–Crippen MR) is 114 cm³/mol. The number of pyridine rings is 1. The smallest absolute Gasteiger partial charge is 0.342 e. The van der Waals surface area contributed by atoms with Crippen LogP contribution < -0.4 is 5.73 Å². The number of carbonyl (C=O) groups excluding carboxylic acids is 2. The highest BCUT2D eigenvalue weighted by atomic mass is 35.5. The van der Waals surface area contributed by atoms with Gasteiger partial charge >= 0.3 is 5.97 Å². The molecule has 0 aliphatic rings. The number of nitrogens with two attached hydrogens (primary N) is 1. The van der Waals surface area contributed by atoms with E-state index in [1.54, 1.807) is 6.07 Å². The SMILES string of the molecule is CCOC(=O)C(=Cc1[nH]ccc1-c1cnc(Cl)c(N)c1)C(=O)c1cc(F)c(F)c(Cl)c1F. The highest BCUT2D eigenvalue weighted by Crippen LogP contribution is 2.30. The maximum absolute atomic E-state index is 14.4. The Morgan fingerprint density at radius 1 is 1.22 bits per heavy atom. The number of carbonyl (C=O) groups is 2. The van der Waals surface area contributed by atoms with Crippen molar-refractivity contribution in [2.75, 3.05) is 12.3 Å². The van der Waals surface area contributed by atoms with Gasteiger partial charge in [0, 0.05) is 29.2 Å². The number of nitrogens with one attached hydrogen (secondary N) is 1. The first-order valence-corrected chi connectivity index (χ1v) is 9.76. The van der Waals surface area contributed by atoms with Gasteiger partial charge in [0.2, 0.25) is 5.78 Å². The average molecular weight is 484 g/mol. The van der Waals surface area contributed by atoms with Crippen LogP contribution in [0.1, 0.15) is 23.0 Å². The first kappa shape index (κ1) is 23.4. The Hall–Kier alpha value is -3.30. The fourth-order valence-corrected chi connectivity index (χ4v) is 3.11. The first-order valence-electron chi connectivity index (χ1n) is 9.00. The number of hydrogen-bond donors (Lipinski definition) is 2. The minimum atomic E-state index is -1.65. The molecule has 0 atom stereocenters. The van der Waals surface area contributed by atoms with Crippen LogP contribution in [0.2, 0.25) is 10.2 Å². The minimum Gasteiger partial charge on any atom is -0.462 e. The van der Waals surface area contributed by atoms with Crippen molar-refractivity contribution in [3.05, 3.63) is 75.1 Å². The highest BCUT2D eigenvalue weighted by Gasteiger charge is 2.28. The van der Waals surface area contributed by atoms with E-state index in [1.807, 2.05) is 0 Å². The van der Waals surface area contributed by atoms with Crippen molar-refractivity contribution in [1.29, 1.82) is 0 Å². The van der Waals surface area contributed by atoms with Gasteiger partial charge in [0.05, 0.1) is 17.9 Å². The third-order valence-electron chi connectivity index (χ3n) is 4.33. The molecule has 0 unspecified atom stereocenters. The topological polar surface area (TPSA) is 98.1 Å². The van der Waals surface area contributed by atoms with Gasteiger partial charge in [-0.2, -0.15) is 0 Å². The van der Waals surface area contributed by atoms with Crippen LogP contribution in [0.5, 0.6) is 0 Å². The number of anilines is 1. The number of rotatable bonds is 6. The molecule has 0 fully saturated rings. The number of benzene rings is 1. The summed E-state index contributed by atoms with van der Waals surface area (Å²) in [6.45, 7) is 1.40. The van der Waals surface area contributed by atoms with Gasteiger partial charge in [-0.3, -0.25) is 4.79 Å². The molecule has 1 aromatic carbocycles. The zero-order chi connectivity index (χ0) is 23.6. The molecular formula is C21H14Cl2F3N3O3. The van der Waals surface area contributed by atoms with Crippen LogP contribution in [0.3, 0.4) is 0 Å². The summed E-state index contributed by atoms with van der Waals surface area (Å²) in [5.41, 5.74) is 5.60. The van der Waals surface area contributed by atoms with Gasteiger partial charge in [-0.1, -0.05) is 23.2 Å². The molecule has 11 heteroatoms.